The van der Waals surface area contributed by atoms with Crippen LogP contribution in [0, 0.1) is 0 Å². The van der Waals surface area contributed by atoms with E-state index in [1.807, 2.05) is 0 Å². The zero-order valence-electron chi connectivity index (χ0n) is 16.7. The van der Waals surface area contributed by atoms with Gasteiger partial charge in [0.1, 0.15) is 6.04 Å². The van der Waals surface area contributed by atoms with Crippen LogP contribution in [0.1, 0.15) is 11.1 Å². The number of rotatable bonds is 7. The largest absolute Gasteiger partial charge is 0.418 e. The number of halogens is 5. The van der Waals surface area contributed by atoms with Crippen molar-refractivity contribution in [1.29, 1.82) is 0 Å². The lowest BCUT2D eigenvalue weighted by molar-refractivity contribution is -0.137. The van der Waals surface area contributed by atoms with Gasteiger partial charge in [-0.25, -0.2) is 8.42 Å². The van der Waals surface area contributed by atoms with Gasteiger partial charge in [0.05, 0.1) is 16.1 Å². The standard InChI is InChI=1S/C22H17Cl2F3N2O3S/c23-15-6-9-17(10-7-15)33(31,32)29-20(12-14-4-2-1-3-5-14)21(30)28-19-11-8-16(24)13-18(19)22(25,26)27/h1-11,13,20,29H,12H2,(H,28,30)/t20-/m0/s1. The Balaban J connectivity index is 1.93. The number of benzene rings is 3. The summed E-state index contributed by atoms with van der Waals surface area (Å²) in [4.78, 5) is 12.8. The number of carbonyl (C=O) groups is 1. The van der Waals surface area contributed by atoms with Crippen molar-refractivity contribution in [3.05, 3.63) is 94.0 Å². The van der Waals surface area contributed by atoms with E-state index in [1.54, 1.807) is 30.3 Å². The predicted octanol–water partition coefficient (Wildman–Crippen LogP) is 5.54. The normalized spacial score (nSPS) is 12.9. The molecular formula is C22H17Cl2F3N2O3S. The Morgan fingerprint density at radius 1 is 0.909 bits per heavy atom. The second-order valence-electron chi connectivity index (χ2n) is 6.99. The molecule has 0 aliphatic rings. The minimum atomic E-state index is -4.79. The van der Waals surface area contributed by atoms with Crippen molar-refractivity contribution in [3.63, 3.8) is 0 Å². The van der Waals surface area contributed by atoms with Crippen LogP contribution in [0.15, 0.2) is 77.7 Å². The molecule has 0 aromatic heterocycles. The number of sulfonamides is 1. The van der Waals surface area contributed by atoms with Gasteiger partial charge in [-0.15, -0.1) is 0 Å². The van der Waals surface area contributed by atoms with Gasteiger partial charge in [0.15, 0.2) is 0 Å². The Hall–Kier alpha value is -2.59. The van der Waals surface area contributed by atoms with Crippen molar-refractivity contribution < 1.29 is 26.4 Å². The number of hydrogen-bond donors (Lipinski definition) is 2. The Morgan fingerprint density at radius 3 is 2.12 bits per heavy atom. The minimum Gasteiger partial charge on any atom is -0.324 e. The molecule has 0 fully saturated rings. The summed E-state index contributed by atoms with van der Waals surface area (Å²) in [5, 5.41) is 2.33. The van der Waals surface area contributed by atoms with E-state index in [1.165, 1.54) is 30.3 Å². The van der Waals surface area contributed by atoms with Crippen LogP contribution in [0.25, 0.3) is 0 Å². The number of alkyl halides is 3. The molecule has 33 heavy (non-hydrogen) atoms. The van der Waals surface area contributed by atoms with Crippen LogP contribution in [0.4, 0.5) is 18.9 Å². The maximum Gasteiger partial charge on any atom is 0.418 e. The molecule has 3 aromatic carbocycles. The molecule has 1 atom stereocenters. The third-order valence-electron chi connectivity index (χ3n) is 4.57. The fraction of sp³-hybridized carbons (Fsp3) is 0.136. The van der Waals surface area contributed by atoms with Gasteiger partial charge < -0.3 is 5.32 Å². The quantitative estimate of drug-likeness (QED) is 0.432. The van der Waals surface area contributed by atoms with Crippen molar-refractivity contribution >= 4 is 44.8 Å². The van der Waals surface area contributed by atoms with Crippen molar-refractivity contribution in [2.75, 3.05) is 5.32 Å². The van der Waals surface area contributed by atoms with Gasteiger partial charge in [0, 0.05) is 10.0 Å². The summed E-state index contributed by atoms with van der Waals surface area (Å²) >= 11 is 11.5. The van der Waals surface area contributed by atoms with E-state index in [0.717, 1.165) is 6.07 Å². The Morgan fingerprint density at radius 2 is 1.52 bits per heavy atom. The number of amides is 1. The van der Waals surface area contributed by atoms with E-state index >= 15 is 0 Å². The first-order chi connectivity index (χ1) is 15.5. The fourth-order valence-corrected chi connectivity index (χ4v) is 4.48. The Kier molecular flexibility index (Phi) is 7.69. The lowest BCUT2D eigenvalue weighted by Gasteiger charge is -2.20. The molecular weight excluding hydrogens is 500 g/mol. The summed E-state index contributed by atoms with van der Waals surface area (Å²) in [5.74, 6) is -0.968. The molecule has 3 aromatic rings. The van der Waals surface area contributed by atoms with Crippen molar-refractivity contribution in [2.24, 2.45) is 0 Å². The van der Waals surface area contributed by atoms with Crippen LogP contribution in [0.2, 0.25) is 10.0 Å². The second-order valence-corrected chi connectivity index (χ2v) is 9.58. The SMILES string of the molecule is O=C(Nc1ccc(Cl)cc1C(F)(F)F)[C@H](Cc1ccccc1)NS(=O)(=O)c1ccc(Cl)cc1. The molecule has 1 amide bonds. The number of anilines is 1. The smallest absolute Gasteiger partial charge is 0.324 e. The monoisotopic (exact) mass is 516 g/mol. The topological polar surface area (TPSA) is 75.3 Å². The molecule has 0 heterocycles. The molecule has 0 aliphatic carbocycles. The molecule has 0 aliphatic heterocycles. The predicted molar refractivity (Wildman–Crippen MR) is 121 cm³/mol. The zero-order chi connectivity index (χ0) is 24.2. The number of carbonyl (C=O) groups excluding carboxylic acids is 1. The summed E-state index contributed by atoms with van der Waals surface area (Å²) in [6.07, 6.45) is -4.89. The van der Waals surface area contributed by atoms with Gasteiger partial charge in [-0.1, -0.05) is 53.5 Å². The van der Waals surface area contributed by atoms with E-state index in [0.29, 0.717) is 16.7 Å². The van der Waals surface area contributed by atoms with E-state index in [2.05, 4.69) is 10.0 Å². The van der Waals surface area contributed by atoms with Gasteiger partial charge >= 0.3 is 6.18 Å². The highest BCUT2D eigenvalue weighted by Crippen LogP contribution is 2.36. The molecule has 0 spiro atoms. The van der Waals surface area contributed by atoms with Crippen LogP contribution in [-0.4, -0.2) is 20.4 Å². The van der Waals surface area contributed by atoms with Crippen LogP contribution >= 0.6 is 23.2 Å². The average molecular weight is 517 g/mol. The van der Waals surface area contributed by atoms with Gasteiger partial charge in [-0.05, 0) is 54.4 Å². The van der Waals surface area contributed by atoms with Crippen LogP contribution in [0.5, 0.6) is 0 Å². The summed E-state index contributed by atoms with van der Waals surface area (Å²) in [5.41, 5.74) is -1.09. The fourth-order valence-electron chi connectivity index (χ4n) is 2.99. The summed E-state index contributed by atoms with van der Waals surface area (Å²) in [7, 11) is -4.19. The van der Waals surface area contributed by atoms with Crippen LogP contribution < -0.4 is 10.0 Å². The summed E-state index contributed by atoms with van der Waals surface area (Å²) in [6.45, 7) is 0. The van der Waals surface area contributed by atoms with E-state index < -0.39 is 39.4 Å². The lowest BCUT2D eigenvalue weighted by Crippen LogP contribution is -2.45. The molecule has 2 N–H and O–H groups in total. The average Bonchev–Trinajstić information content (AvgIpc) is 2.74. The second kappa shape index (κ2) is 10.1. The molecule has 0 saturated heterocycles. The van der Waals surface area contributed by atoms with Crippen LogP contribution in [-0.2, 0) is 27.4 Å². The Labute approximate surface area is 198 Å². The first-order valence-electron chi connectivity index (χ1n) is 9.45. The molecule has 174 valence electrons. The van der Waals surface area contributed by atoms with E-state index in [-0.39, 0.29) is 16.3 Å². The summed E-state index contributed by atoms with van der Waals surface area (Å²) in [6, 6.07) is 15.2. The minimum absolute atomic E-state index is 0.103. The Bertz CT molecular complexity index is 1240. The maximum absolute atomic E-state index is 13.4. The molecule has 3 rings (SSSR count). The number of nitrogens with one attached hydrogen (secondary N) is 2. The zero-order valence-corrected chi connectivity index (χ0v) is 19.1. The highest BCUT2D eigenvalue weighted by molar-refractivity contribution is 7.89. The third-order valence-corrected chi connectivity index (χ3v) is 6.54. The van der Waals surface area contributed by atoms with E-state index in [4.69, 9.17) is 23.2 Å². The van der Waals surface area contributed by atoms with Gasteiger partial charge in [0.25, 0.3) is 0 Å². The first kappa shape index (κ1) is 25.0. The summed E-state index contributed by atoms with van der Waals surface area (Å²) < 4.78 is 68.2. The number of hydrogen-bond acceptors (Lipinski definition) is 3. The van der Waals surface area contributed by atoms with Crippen LogP contribution in [0.3, 0.4) is 0 Å². The van der Waals surface area contributed by atoms with Gasteiger partial charge in [0.2, 0.25) is 15.9 Å². The molecule has 11 heteroatoms. The maximum atomic E-state index is 13.4. The molecule has 5 nitrogen and oxygen atoms in total. The molecule has 0 saturated carbocycles. The molecule has 0 unspecified atom stereocenters. The van der Waals surface area contributed by atoms with Gasteiger partial charge in [-0.2, -0.15) is 17.9 Å². The van der Waals surface area contributed by atoms with Crippen molar-refractivity contribution in [1.82, 2.24) is 4.72 Å². The molecule has 0 bridgehead atoms. The van der Waals surface area contributed by atoms with E-state index in [9.17, 15) is 26.4 Å². The van der Waals surface area contributed by atoms with Crippen molar-refractivity contribution in [3.8, 4) is 0 Å². The highest BCUT2D eigenvalue weighted by atomic mass is 35.5. The first-order valence-corrected chi connectivity index (χ1v) is 11.7. The highest BCUT2D eigenvalue weighted by Gasteiger charge is 2.35. The van der Waals surface area contributed by atoms with Crippen molar-refractivity contribution in [2.45, 2.75) is 23.5 Å². The lowest BCUT2D eigenvalue weighted by atomic mass is 10.1. The third kappa shape index (κ3) is 6.70. The van der Waals surface area contributed by atoms with Gasteiger partial charge in [-0.3, -0.25) is 4.79 Å². The molecule has 0 radical (unpaired) electrons.